The molecule has 1 aliphatic rings. The highest BCUT2D eigenvalue weighted by Crippen LogP contribution is 2.27. The fourth-order valence-corrected chi connectivity index (χ4v) is 1.37. The first-order valence-corrected chi connectivity index (χ1v) is 5.60. The van der Waals surface area contributed by atoms with Crippen LogP contribution in [-0.4, -0.2) is 42.1 Å². The Morgan fingerprint density at radius 2 is 2.12 bits per heavy atom. The van der Waals surface area contributed by atoms with Crippen molar-refractivity contribution in [2.24, 2.45) is 0 Å². The predicted molar refractivity (Wildman–Crippen MR) is 60.0 cm³/mol. The first kappa shape index (κ1) is 12.8. The molecular weight excluding hydrogens is 208 g/mol. The first-order valence-electron chi connectivity index (χ1n) is 5.60. The van der Waals surface area contributed by atoms with E-state index in [9.17, 15) is 9.59 Å². The molecule has 0 spiro atoms. The molecule has 0 radical (unpaired) electrons. The highest BCUT2D eigenvalue weighted by atomic mass is 16.6. The first-order chi connectivity index (χ1) is 7.44. The molecule has 0 heterocycles. The number of rotatable bonds is 5. The minimum Gasteiger partial charge on any atom is -0.444 e. The zero-order valence-corrected chi connectivity index (χ0v) is 10.2. The van der Waals surface area contributed by atoms with Crippen LogP contribution in [0.5, 0.6) is 0 Å². The maximum Gasteiger partial charge on any atom is 0.410 e. The van der Waals surface area contributed by atoms with E-state index in [1.54, 1.807) is 4.90 Å². The average molecular weight is 228 g/mol. The van der Waals surface area contributed by atoms with Gasteiger partial charge in [0.1, 0.15) is 5.60 Å². The highest BCUT2D eigenvalue weighted by molar-refractivity contribution is 5.69. The molecule has 5 nitrogen and oxygen atoms in total. The largest absolute Gasteiger partial charge is 0.444 e. The number of nitrogens with zero attached hydrogens (tertiary/aromatic N) is 1. The molecule has 1 N–H and O–H groups in total. The molecule has 0 unspecified atom stereocenters. The van der Waals surface area contributed by atoms with Gasteiger partial charge in [-0.15, -0.1) is 0 Å². The van der Waals surface area contributed by atoms with Gasteiger partial charge in [-0.05, 0) is 33.6 Å². The Balaban J connectivity index is 2.42. The lowest BCUT2D eigenvalue weighted by molar-refractivity contribution is -0.109. The molecule has 0 aromatic rings. The van der Waals surface area contributed by atoms with Crippen LogP contribution in [0.1, 0.15) is 33.6 Å². The van der Waals surface area contributed by atoms with Gasteiger partial charge in [-0.3, -0.25) is 4.79 Å². The summed E-state index contributed by atoms with van der Waals surface area (Å²) in [6.07, 6.45) is 2.41. The normalized spacial score (nSPS) is 15.4. The molecule has 0 bridgehead atoms. The van der Waals surface area contributed by atoms with E-state index < -0.39 is 5.60 Å². The molecule has 0 aromatic carbocycles. The van der Waals surface area contributed by atoms with Crippen molar-refractivity contribution in [2.75, 3.05) is 13.1 Å². The van der Waals surface area contributed by atoms with E-state index in [1.807, 2.05) is 20.8 Å². The standard InChI is InChI=1S/C11H20N2O3/c1-11(2,3)16-10(15)13(9-4-5-9)7-6-12-8-14/h8-9H,4-7H2,1-3H3,(H,12,14). The molecule has 92 valence electrons. The van der Waals surface area contributed by atoms with Gasteiger partial charge in [-0.1, -0.05) is 0 Å². The third kappa shape index (κ3) is 4.51. The van der Waals surface area contributed by atoms with Crippen molar-refractivity contribution < 1.29 is 14.3 Å². The lowest BCUT2D eigenvalue weighted by atomic mass is 10.2. The molecule has 2 amide bonds. The Morgan fingerprint density at radius 3 is 2.56 bits per heavy atom. The number of hydrogen-bond donors (Lipinski definition) is 1. The van der Waals surface area contributed by atoms with Crippen molar-refractivity contribution in [1.29, 1.82) is 0 Å². The van der Waals surface area contributed by atoms with Crippen LogP contribution in [0, 0.1) is 0 Å². The van der Waals surface area contributed by atoms with Crippen molar-refractivity contribution in [3.63, 3.8) is 0 Å². The summed E-state index contributed by atoms with van der Waals surface area (Å²) < 4.78 is 5.30. The van der Waals surface area contributed by atoms with Gasteiger partial charge in [-0.25, -0.2) is 4.79 Å². The van der Waals surface area contributed by atoms with Crippen LogP contribution in [0.3, 0.4) is 0 Å². The van der Waals surface area contributed by atoms with Crippen molar-refractivity contribution >= 4 is 12.5 Å². The van der Waals surface area contributed by atoms with E-state index in [2.05, 4.69) is 5.32 Å². The van der Waals surface area contributed by atoms with Gasteiger partial charge in [0.25, 0.3) is 0 Å². The Bertz CT molecular complexity index is 256. The third-order valence-electron chi connectivity index (χ3n) is 2.20. The predicted octanol–water partition coefficient (Wildman–Crippen LogP) is 1.13. The van der Waals surface area contributed by atoms with Crippen LogP contribution in [0.15, 0.2) is 0 Å². The van der Waals surface area contributed by atoms with Crippen molar-refractivity contribution in [3.05, 3.63) is 0 Å². The Morgan fingerprint density at radius 1 is 1.50 bits per heavy atom. The Kier molecular flexibility index (Phi) is 4.15. The minimum atomic E-state index is -0.470. The number of carbonyl (C=O) groups excluding carboxylic acids is 2. The van der Waals surface area contributed by atoms with Gasteiger partial charge < -0.3 is 15.0 Å². The van der Waals surface area contributed by atoms with Crippen molar-refractivity contribution in [3.8, 4) is 0 Å². The Hall–Kier alpha value is -1.26. The van der Waals surface area contributed by atoms with Crippen molar-refractivity contribution in [1.82, 2.24) is 10.2 Å². The number of amides is 2. The van der Waals surface area contributed by atoms with Gasteiger partial charge in [0.05, 0.1) is 0 Å². The summed E-state index contributed by atoms with van der Waals surface area (Å²) in [6, 6.07) is 0.295. The van der Waals surface area contributed by atoms with Gasteiger partial charge in [0.2, 0.25) is 6.41 Å². The van der Waals surface area contributed by atoms with E-state index >= 15 is 0 Å². The molecule has 1 fully saturated rings. The van der Waals surface area contributed by atoms with Gasteiger partial charge in [0.15, 0.2) is 0 Å². The molecular formula is C11H20N2O3. The van der Waals surface area contributed by atoms with Crippen LogP contribution >= 0.6 is 0 Å². The highest BCUT2D eigenvalue weighted by Gasteiger charge is 2.34. The summed E-state index contributed by atoms with van der Waals surface area (Å²) in [5.41, 5.74) is -0.470. The monoisotopic (exact) mass is 228 g/mol. The maximum absolute atomic E-state index is 11.8. The lowest BCUT2D eigenvalue weighted by Crippen LogP contribution is -2.41. The van der Waals surface area contributed by atoms with Crippen LogP contribution in [0.25, 0.3) is 0 Å². The smallest absolute Gasteiger partial charge is 0.410 e. The summed E-state index contributed by atoms with van der Waals surface area (Å²) in [4.78, 5) is 23.6. The molecule has 16 heavy (non-hydrogen) atoms. The van der Waals surface area contributed by atoms with Gasteiger partial charge in [-0.2, -0.15) is 0 Å². The van der Waals surface area contributed by atoms with Crippen LogP contribution in [0.4, 0.5) is 4.79 Å². The van der Waals surface area contributed by atoms with Crippen LogP contribution < -0.4 is 5.32 Å². The SMILES string of the molecule is CC(C)(C)OC(=O)N(CCNC=O)C1CC1. The fraction of sp³-hybridized carbons (Fsp3) is 0.818. The van der Waals surface area contributed by atoms with Crippen LogP contribution in [0.2, 0.25) is 0 Å². The summed E-state index contributed by atoms with van der Waals surface area (Å²) in [6.45, 7) is 6.52. The second kappa shape index (κ2) is 5.18. The number of ether oxygens (including phenoxy) is 1. The van der Waals surface area contributed by atoms with E-state index in [4.69, 9.17) is 4.74 Å². The second-order valence-electron chi connectivity index (χ2n) is 4.98. The fourth-order valence-electron chi connectivity index (χ4n) is 1.37. The molecule has 0 aliphatic heterocycles. The second-order valence-corrected chi connectivity index (χ2v) is 4.98. The molecule has 0 saturated heterocycles. The summed E-state index contributed by atoms with van der Waals surface area (Å²) in [5.74, 6) is 0. The molecule has 1 saturated carbocycles. The molecule has 0 aromatic heterocycles. The molecule has 1 rings (SSSR count). The Labute approximate surface area is 96.1 Å². The quantitative estimate of drug-likeness (QED) is 0.567. The van der Waals surface area contributed by atoms with Gasteiger partial charge in [0, 0.05) is 19.1 Å². The summed E-state index contributed by atoms with van der Waals surface area (Å²) in [5, 5.41) is 2.55. The number of carbonyl (C=O) groups is 2. The molecule has 1 aliphatic carbocycles. The maximum atomic E-state index is 11.8. The van der Waals surface area contributed by atoms with Crippen LogP contribution in [-0.2, 0) is 9.53 Å². The summed E-state index contributed by atoms with van der Waals surface area (Å²) in [7, 11) is 0. The van der Waals surface area contributed by atoms with E-state index in [0.717, 1.165) is 12.8 Å². The average Bonchev–Trinajstić information content (AvgIpc) is 2.92. The van der Waals surface area contributed by atoms with Gasteiger partial charge >= 0.3 is 6.09 Å². The zero-order valence-electron chi connectivity index (χ0n) is 10.2. The van der Waals surface area contributed by atoms with Crippen molar-refractivity contribution in [2.45, 2.75) is 45.3 Å². The topological polar surface area (TPSA) is 58.6 Å². The summed E-state index contributed by atoms with van der Waals surface area (Å²) >= 11 is 0. The third-order valence-corrected chi connectivity index (χ3v) is 2.20. The number of hydrogen-bond acceptors (Lipinski definition) is 3. The molecule has 0 atom stereocenters. The number of nitrogens with one attached hydrogen (secondary N) is 1. The minimum absolute atomic E-state index is 0.289. The van der Waals surface area contributed by atoms with E-state index in [1.165, 1.54) is 0 Å². The lowest BCUT2D eigenvalue weighted by Gasteiger charge is -2.27. The van der Waals surface area contributed by atoms with E-state index in [-0.39, 0.29) is 6.09 Å². The van der Waals surface area contributed by atoms with E-state index in [0.29, 0.717) is 25.5 Å². The molecule has 5 heteroatoms. The zero-order chi connectivity index (χ0) is 12.2.